The van der Waals surface area contributed by atoms with E-state index in [4.69, 9.17) is 19.3 Å². The Morgan fingerprint density at radius 3 is 2.35 bits per heavy atom. The number of ether oxygens (including phenoxy) is 1. The summed E-state index contributed by atoms with van der Waals surface area (Å²) in [7, 11) is 1.66. The predicted molar refractivity (Wildman–Crippen MR) is 79.4 cm³/mol. The van der Waals surface area contributed by atoms with Gasteiger partial charge in [-0.1, -0.05) is 0 Å². The molecule has 0 spiro atoms. The minimum Gasteiger partial charge on any atom is -0.492 e. The highest BCUT2D eigenvalue weighted by Crippen LogP contribution is 2.41. The highest BCUT2D eigenvalue weighted by molar-refractivity contribution is 6.04. The molecule has 0 radical (unpaired) electrons. The van der Waals surface area contributed by atoms with Crippen molar-refractivity contribution >= 4 is 21.9 Å². The molecule has 2 heterocycles. The number of nitrogens with two attached hydrogens (primary N) is 1. The first-order chi connectivity index (χ1) is 9.65. The highest BCUT2D eigenvalue weighted by Gasteiger charge is 2.20. The van der Waals surface area contributed by atoms with Crippen molar-refractivity contribution in [2.75, 3.05) is 13.7 Å². The molecule has 0 aliphatic carbocycles. The van der Waals surface area contributed by atoms with Gasteiger partial charge in [0, 0.05) is 10.9 Å². The number of rotatable bonds is 4. The smallest absolute Gasteiger partial charge is 0.177 e. The van der Waals surface area contributed by atoms with Crippen molar-refractivity contribution in [1.82, 2.24) is 0 Å². The number of hydrogen-bond acceptors (Lipinski definition) is 4. The van der Waals surface area contributed by atoms with Crippen molar-refractivity contribution < 1.29 is 13.6 Å². The van der Waals surface area contributed by atoms with E-state index in [0.717, 1.165) is 57.6 Å². The van der Waals surface area contributed by atoms with Crippen LogP contribution in [-0.2, 0) is 6.42 Å². The predicted octanol–water partition coefficient (Wildman–Crippen LogP) is 3.70. The summed E-state index contributed by atoms with van der Waals surface area (Å²) in [5.41, 5.74) is 8.50. The van der Waals surface area contributed by atoms with Crippen LogP contribution in [0.25, 0.3) is 21.9 Å². The van der Waals surface area contributed by atoms with Gasteiger partial charge in [-0.15, -0.1) is 0 Å². The number of hydrogen-bond donors (Lipinski definition) is 1. The average Bonchev–Trinajstić information content (AvgIpc) is 2.96. The maximum absolute atomic E-state index is 5.89. The van der Waals surface area contributed by atoms with Crippen molar-refractivity contribution in [1.29, 1.82) is 0 Å². The van der Waals surface area contributed by atoms with E-state index in [9.17, 15) is 0 Å². The summed E-state index contributed by atoms with van der Waals surface area (Å²) >= 11 is 0. The average molecular weight is 273 g/mol. The summed E-state index contributed by atoms with van der Waals surface area (Å²) in [4.78, 5) is 0. The molecule has 1 aromatic carbocycles. The first-order valence-corrected chi connectivity index (χ1v) is 6.85. The lowest BCUT2D eigenvalue weighted by molar-refractivity contribution is 0.413. The summed E-state index contributed by atoms with van der Waals surface area (Å²) in [6.07, 6.45) is 1.79. The molecule has 0 bridgehead atoms. The topological polar surface area (TPSA) is 61.5 Å². The van der Waals surface area contributed by atoms with Gasteiger partial charge in [0.2, 0.25) is 0 Å². The third-order valence-corrected chi connectivity index (χ3v) is 3.60. The van der Waals surface area contributed by atoms with Gasteiger partial charge in [-0.25, -0.2) is 0 Å². The van der Waals surface area contributed by atoms with Gasteiger partial charge in [-0.2, -0.15) is 0 Å². The number of furan rings is 2. The SMILES string of the molecule is COc1c2cc(C)oc2c(CCCN)c2cc(C)oc12. The molecule has 0 unspecified atom stereocenters. The van der Waals surface area contributed by atoms with Crippen LogP contribution in [0.4, 0.5) is 0 Å². The van der Waals surface area contributed by atoms with E-state index in [1.54, 1.807) is 7.11 Å². The molecule has 20 heavy (non-hydrogen) atoms. The molecule has 4 heteroatoms. The van der Waals surface area contributed by atoms with Gasteiger partial charge in [0.25, 0.3) is 0 Å². The molecule has 3 aromatic rings. The first-order valence-electron chi connectivity index (χ1n) is 6.85. The molecule has 0 amide bonds. The van der Waals surface area contributed by atoms with E-state index in [2.05, 4.69) is 0 Å². The third-order valence-electron chi connectivity index (χ3n) is 3.60. The monoisotopic (exact) mass is 273 g/mol. The Morgan fingerprint density at radius 2 is 1.70 bits per heavy atom. The van der Waals surface area contributed by atoms with E-state index in [1.807, 2.05) is 26.0 Å². The Hall–Kier alpha value is -1.94. The molecular weight excluding hydrogens is 254 g/mol. The normalized spacial score (nSPS) is 11.6. The van der Waals surface area contributed by atoms with Gasteiger partial charge in [-0.3, -0.25) is 0 Å². The Kier molecular flexibility index (Phi) is 3.18. The fourth-order valence-corrected chi connectivity index (χ4v) is 2.79. The molecule has 0 saturated heterocycles. The van der Waals surface area contributed by atoms with E-state index in [-0.39, 0.29) is 0 Å². The van der Waals surface area contributed by atoms with Crippen molar-refractivity contribution in [3.63, 3.8) is 0 Å². The van der Waals surface area contributed by atoms with E-state index >= 15 is 0 Å². The minimum atomic E-state index is 0.658. The molecule has 0 aliphatic heterocycles. The minimum absolute atomic E-state index is 0.658. The van der Waals surface area contributed by atoms with Gasteiger partial charge in [0.1, 0.15) is 17.1 Å². The standard InChI is InChI=1S/C16H19NO3/c1-9-7-12-11(5-4-6-17)14-13(8-10(2)19-14)15(18-3)16(12)20-9/h7-8H,4-6,17H2,1-3H3. The maximum Gasteiger partial charge on any atom is 0.177 e. The van der Waals surface area contributed by atoms with E-state index < -0.39 is 0 Å². The largest absolute Gasteiger partial charge is 0.492 e. The second-order valence-corrected chi connectivity index (χ2v) is 5.10. The zero-order chi connectivity index (χ0) is 14.3. The number of benzene rings is 1. The number of aryl methyl sites for hydroxylation is 3. The summed E-state index contributed by atoms with van der Waals surface area (Å²) in [5.74, 6) is 2.49. The Balaban J connectivity index is 2.41. The summed E-state index contributed by atoms with van der Waals surface area (Å²) in [6.45, 7) is 4.55. The zero-order valence-electron chi connectivity index (χ0n) is 12.1. The summed E-state index contributed by atoms with van der Waals surface area (Å²) in [6, 6.07) is 4.04. The molecule has 106 valence electrons. The lowest BCUT2D eigenvalue weighted by Crippen LogP contribution is -2.01. The van der Waals surface area contributed by atoms with Crippen LogP contribution in [0.1, 0.15) is 23.5 Å². The van der Waals surface area contributed by atoms with Crippen LogP contribution in [0.15, 0.2) is 21.0 Å². The Bertz CT molecular complexity index is 709. The fourth-order valence-electron chi connectivity index (χ4n) is 2.79. The van der Waals surface area contributed by atoms with Crippen LogP contribution in [-0.4, -0.2) is 13.7 Å². The second kappa shape index (κ2) is 4.87. The Labute approximate surface area is 117 Å². The van der Waals surface area contributed by atoms with Crippen LogP contribution in [0.5, 0.6) is 5.75 Å². The zero-order valence-corrected chi connectivity index (χ0v) is 12.1. The van der Waals surface area contributed by atoms with Crippen molar-refractivity contribution in [2.24, 2.45) is 5.73 Å². The van der Waals surface area contributed by atoms with Gasteiger partial charge in [0.05, 0.1) is 12.5 Å². The lowest BCUT2D eigenvalue weighted by Gasteiger charge is -2.08. The first kappa shape index (κ1) is 13.1. The van der Waals surface area contributed by atoms with Crippen LogP contribution in [0, 0.1) is 13.8 Å². The molecular formula is C16H19NO3. The summed E-state index contributed by atoms with van der Waals surface area (Å²) < 4.78 is 17.3. The molecule has 0 saturated carbocycles. The Morgan fingerprint density at radius 1 is 1.05 bits per heavy atom. The van der Waals surface area contributed by atoms with Crippen molar-refractivity contribution in [2.45, 2.75) is 26.7 Å². The lowest BCUT2D eigenvalue weighted by atomic mass is 10.0. The van der Waals surface area contributed by atoms with Gasteiger partial charge in [0.15, 0.2) is 11.3 Å². The fraction of sp³-hybridized carbons (Fsp3) is 0.375. The molecule has 0 aliphatic rings. The highest BCUT2D eigenvalue weighted by atomic mass is 16.5. The van der Waals surface area contributed by atoms with Crippen molar-refractivity contribution in [3.05, 3.63) is 29.2 Å². The maximum atomic E-state index is 5.89. The quantitative estimate of drug-likeness (QED) is 0.787. The van der Waals surface area contributed by atoms with E-state index in [0.29, 0.717) is 6.54 Å². The summed E-state index contributed by atoms with van der Waals surface area (Å²) in [5, 5.41) is 2.04. The van der Waals surface area contributed by atoms with Crippen molar-refractivity contribution in [3.8, 4) is 5.75 Å². The number of methoxy groups -OCH3 is 1. The molecule has 2 aromatic heterocycles. The second-order valence-electron chi connectivity index (χ2n) is 5.10. The molecule has 4 nitrogen and oxygen atoms in total. The van der Waals surface area contributed by atoms with Crippen LogP contribution >= 0.6 is 0 Å². The van der Waals surface area contributed by atoms with Gasteiger partial charge < -0.3 is 19.3 Å². The third kappa shape index (κ3) is 1.88. The molecule has 2 N–H and O–H groups in total. The van der Waals surface area contributed by atoms with Crippen LogP contribution in [0.2, 0.25) is 0 Å². The molecule has 3 rings (SSSR count). The van der Waals surface area contributed by atoms with Crippen LogP contribution in [0.3, 0.4) is 0 Å². The van der Waals surface area contributed by atoms with Gasteiger partial charge in [-0.05, 0) is 45.4 Å². The molecule has 0 fully saturated rings. The molecule has 0 atom stereocenters. The number of fused-ring (bicyclic) bond motifs is 2. The van der Waals surface area contributed by atoms with Crippen LogP contribution < -0.4 is 10.5 Å². The van der Waals surface area contributed by atoms with Gasteiger partial charge >= 0.3 is 0 Å². The van der Waals surface area contributed by atoms with E-state index in [1.165, 1.54) is 0 Å².